The second-order valence-corrected chi connectivity index (χ2v) is 4.25. The fourth-order valence-corrected chi connectivity index (χ4v) is 2.07. The van der Waals surface area contributed by atoms with Crippen molar-refractivity contribution in [2.75, 3.05) is 27.4 Å². The number of methoxy groups -OCH3 is 2. The highest BCUT2D eigenvalue weighted by Crippen LogP contribution is 2.35. The topological polar surface area (TPSA) is 44.8 Å². The zero-order valence-electron chi connectivity index (χ0n) is 10.1. The van der Waals surface area contributed by atoms with E-state index in [1.54, 1.807) is 7.11 Å². The summed E-state index contributed by atoms with van der Waals surface area (Å²) in [7, 11) is 3.03. The van der Waals surface area contributed by atoms with Crippen molar-refractivity contribution in [3.05, 3.63) is 29.8 Å². The number of esters is 1. The molecule has 1 aromatic rings. The molecule has 4 nitrogen and oxygen atoms in total. The summed E-state index contributed by atoms with van der Waals surface area (Å²) in [4.78, 5) is 11.8. The summed E-state index contributed by atoms with van der Waals surface area (Å²) >= 11 is 0. The maximum absolute atomic E-state index is 11.8. The van der Waals surface area contributed by atoms with Gasteiger partial charge in [-0.15, -0.1) is 0 Å². The number of carbonyl (C=O) groups is 1. The van der Waals surface area contributed by atoms with Gasteiger partial charge in [0.25, 0.3) is 0 Å². The molecule has 1 aromatic carbocycles. The summed E-state index contributed by atoms with van der Waals surface area (Å²) in [6.45, 7) is 0.829. The quantitative estimate of drug-likeness (QED) is 0.742. The first-order valence-electron chi connectivity index (χ1n) is 5.50. The van der Waals surface area contributed by atoms with Crippen LogP contribution in [0.25, 0.3) is 0 Å². The third kappa shape index (κ3) is 2.13. The van der Waals surface area contributed by atoms with Crippen molar-refractivity contribution in [1.82, 2.24) is 0 Å². The second-order valence-electron chi connectivity index (χ2n) is 4.25. The van der Waals surface area contributed by atoms with Gasteiger partial charge in [-0.1, -0.05) is 18.2 Å². The molecule has 0 atom stereocenters. The highest BCUT2D eigenvalue weighted by molar-refractivity contribution is 5.78. The molecule has 0 N–H and O–H groups in total. The lowest BCUT2D eigenvalue weighted by molar-refractivity contribution is -0.182. The molecule has 1 fully saturated rings. The minimum atomic E-state index is -0.538. The van der Waals surface area contributed by atoms with Crippen molar-refractivity contribution >= 4 is 5.97 Å². The molecule has 4 heteroatoms. The van der Waals surface area contributed by atoms with Crippen LogP contribution in [0.2, 0.25) is 0 Å². The van der Waals surface area contributed by atoms with Crippen molar-refractivity contribution in [2.45, 2.75) is 6.42 Å². The Morgan fingerprint density at radius 1 is 1.35 bits per heavy atom. The molecule has 92 valence electrons. The molecule has 2 rings (SSSR count). The average Bonchev–Trinajstić information content (AvgIpc) is 2.33. The van der Waals surface area contributed by atoms with Crippen LogP contribution in [-0.4, -0.2) is 33.4 Å². The molecule has 0 spiro atoms. The minimum absolute atomic E-state index is 0.213. The van der Waals surface area contributed by atoms with Gasteiger partial charge in [-0.3, -0.25) is 4.79 Å². The van der Waals surface area contributed by atoms with Crippen LogP contribution in [0, 0.1) is 5.41 Å². The summed E-state index contributed by atoms with van der Waals surface area (Å²) in [6.07, 6.45) is 0.587. The molecule has 1 saturated heterocycles. The molecule has 0 aromatic heterocycles. The van der Waals surface area contributed by atoms with Gasteiger partial charge >= 0.3 is 5.97 Å². The minimum Gasteiger partial charge on any atom is -0.496 e. The SMILES string of the molecule is COC(=O)C1(Cc2ccccc2OC)COC1. The van der Waals surface area contributed by atoms with Crippen molar-refractivity contribution in [3.8, 4) is 5.75 Å². The van der Waals surface area contributed by atoms with E-state index in [9.17, 15) is 4.79 Å². The molecule has 0 aliphatic carbocycles. The molecule has 0 unspecified atom stereocenters. The van der Waals surface area contributed by atoms with Crippen LogP contribution in [0.5, 0.6) is 5.75 Å². The van der Waals surface area contributed by atoms with Crippen molar-refractivity contribution in [2.24, 2.45) is 5.41 Å². The average molecular weight is 236 g/mol. The largest absolute Gasteiger partial charge is 0.496 e. The predicted molar refractivity (Wildman–Crippen MR) is 62.0 cm³/mol. The zero-order valence-corrected chi connectivity index (χ0v) is 10.1. The number of hydrogen-bond acceptors (Lipinski definition) is 4. The van der Waals surface area contributed by atoms with Crippen LogP contribution in [0.15, 0.2) is 24.3 Å². The van der Waals surface area contributed by atoms with E-state index in [0.717, 1.165) is 11.3 Å². The van der Waals surface area contributed by atoms with Gasteiger partial charge in [-0.2, -0.15) is 0 Å². The Bertz CT molecular complexity index is 410. The van der Waals surface area contributed by atoms with Gasteiger partial charge < -0.3 is 14.2 Å². The lowest BCUT2D eigenvalue weighted by atomic mass is 9.79. The number of ether oxygens (including phenoxy) is 3. The first kappa shape index (κ1) is 11.9. The van der Waals surface area contributed by atoms with E-state index in [4.69, 9.17) is 14.2 Å². The van der Waals surface area contributed by atoms with Crippen LogP contribution in [0.3, 0.4) is 0 Å². The van der Waals surface area contributed by atoms with Crippen molar-refractivity contribution in [1.29, 1.82) is 0 Å². The lowest BCUT2D eigenvalue weighted by Gasteiger charge is -2.38. The Balaban J connectivity index is 2.21. The summed E-state index contributed by atoms with van der Waals surface area (Å²) in [5.74, 6) is 0.581. The van der Waals surface area contributed by atoms with Gasteiger partial charge in [0.2, 0.25) is 0 Å². The van der Waals surface area contributed by atoms with Crippen molar-refractivity contribution < 1.29 is 19.0 Å². The van der Waals surface area contributed by atoms with Gasteiger partial charge in [-0.05, 0) is 18.1 Å². The monoisotopic (exact) mass is 236 g/mol. The number of para-hydroxylation sites is 1. The number of hydrogen-bond donors (Lipinski definition) is 0. The van der Waals surface area contributed by atoms with E-state index in [-0.39, 0.29) is 5.97 Å². The van der Waals surface area contributed by atoms with Gasteiger partial charge in [0.1, 0.15) is 11.2 Å². The summed E-state index contributed by atoms with van der Waals surface area (Å²) in [5.41, 5.74) is 0.465. The van der Waals surface area contributed by atoms with Crippen LogP contribution < -0.4 is 4.74 Å². The van der Waals surface area contributed by atoms with Crippen molar-refractivity contribution in [3.63, 3.8) is 0 Å². The molecule has 0 bridgehead atoms. The fraction of sp³-hybridized carbons (Fsp3) is 0.462. The lowest BCUT2D eigenvalue weighted by Crippen LogP contribution is -2.51. The fourth-order valence-electron chi connectivity index (χ4n) is 2.07. The standard InChI is InChI=1S/C13H16O4/c1-15-11-6-4-3-5-10(11)7-13(8-17-9-13)12(14)16-2/h3-6H,7-9H2,1-2H3. The highest BCUT2D eigenvalue weighted by Gasteiger charge is 2.47. The molecule has 1 aliphatic rings. The van der Waals surface area contributed by atoms with Crippen LogP contribution in [0.4, 0.5) is 0 Å². The van der Waals surface area contributed by atoms with Gasteiger partial charge in [0.15, 0.2) is 0 Å². The molecular weight excluding hydrogens is 220 g/mol. The first-order chi connectivity index (χ1) is 8.22. The molecule has 0 radical (unpaired) electrons. The van der Waals surface area contributed by atoms with E-state index >= 15 is 0 Å². The second kappa shape index (κ2) is 4.75. The molecule has 0 saturated carbocycles. The summed E-state index contributed by atoms with van der Waals surface area (Å²) in [6, 6.07) is 7.69. The third-order valence-corrected chi connectivity index (χ3v) is 3.10. The third-order valence-electron chi connectivity index (χ3n) is 3.10. The molecular formula is C13H16O4. The number of rotatable bonds is 4. The highest BCUT2D eigenvalue weighted by atomic mass is 16.5. The van der Waals surface area contributed by atoms with E-state index in [1.165, 1.54) is 7.11 Å². The molecule has 1 heterocycles. The van der Waals surface area contributed by atoms with Crippen LogP contribution >= 0.6 is 0 Å². The van der Waals surface area contributed by atoms with Crippen LogP contribution in [-0.2, 0) is 20.7 Å². The number of carbonyl (C=O) groups excluding carboxylic acids is 1. The van der Waals surface area contributed by atoms with Gasteiger partial charge in [-0.25, -0.2) is 0 Å². The van der Waals surface area contributed by atoms with E-state index < -0.39 is 5.41 Å². The Morgan fingerprint density at radius 2 is 2.06 bits per heavy atom. The predicted octanol–water partition coefficient (Wildman–Crippen LogP) is 1.43. The number of benzene rings is 1. The van der Waals surface area contributed by atoms with E-state index in [0.29, 0.717) is 19.6 Å². The molecule has 1 aliphatic heterocycles. The Hall–Kier alpha value is -1.55. The van der Waals surface area contributed by atoms with Gasteiger partial charge in [0, 0.05) is 0 Å². The van der Waals surface area contributed by atoms with Crippen LogP contribution in [0.1, 0.15) is 5.56 Å². The maximum Gasteiger partial charge on any atom is 0.316 e. The summed E-state index contributed by atoms with van der Waals surface area (Å²) < 4.78 is 15.3. The Morgan fingerprint density at radius 3 is 2.59 bits per heavy atom. The Labute approximate surface area is 100 Å². The van der Waals surface area contributed by atoms with E-state index in [2.05, 4.69) is 0 Å². The van der Waals surface area contributed by atoms with Gasteiger partial charge in [0.05, 0.1) is 27.4 Å². The summed E-state index contributed by atoms with van der Waals surface area (Å²) in [5, 5.41) is 0. The maximum atomic E-state index is 11.8. The van der Waals surface area contributed by atoms with E-state index in [1.807, 2.05) is 24.3 Å². The smallest absolute Gasteiger partial charge is 0.316 e. The normalized spacial score (nSPS) is 17.1. The first-order valence-corrected chi connectivity index (χ1v) is 5.50. The Kier molecular flexibility index (Phi) is 3.33. The zero-order chi connectivity index (χ0) is 12.3. The molecule has 0 amide bonds. The molecule has 17 heavy (non-hydrogen) atoms.